The van der Waals surface area contributed by atoms with E-state index in [4.69, 9.17) is 5.11 Å². The van der Waals surface area contributed by atoms with Gasteiger partial charge in [-0.1, -0.05) is 15.9 Å². The first-order chi connectivity index (χ1) is 5.25. The third kappa shape index (κ3) is 1.19. The number of hydrogen-bond donors (Lipinski definition) is 3. The van der Waals surface area contributed by atoms with Crippen LogP contribution in [-0.2, 0) is 0 Å². The Morgan fingerprint density at radius 3 is 2.82 bits per heavy atom. The van der Waals surface area contributed by atoms with Crippen molar-refractivity contribution in [2.24, 2.45) is 0 Å². The maximum atomic E-state index is 9.10. The summed E-state index contributed by atoms with van der Waals surface area (Å²) in [5.74, 6) is 0. The normalized spacial score (nSPS) is 20.4. The number of nitrogens with one attached hydrogen (secondary N) is 2. The molecule has 0 aliphatic carbocycles. The van der Waals surface area contributed by atoms with E-state index in [1.807, 2.05) is 18.2 Å². The Labute approximate surface area is 72.6 Å². The van der Waals surface area contributed by atoms with Crippen molar-refractivity contribution < 1.29 is 5.11 Å². The molecule has 0 bridgehead atoms. The average Bonchev–Trinajstić information content (AvgIpc) is 2.27. The van der Waals surface area contributed by atoms with E-state index in [1.54, 1.807) is 0 Å². The third-order valence-corrected chi connectivity index (χ3v) is 2.06. The summed E-state index contributed by atoms with van der Waals surface area (Å²) in [5.41, 5.74) is 1.85. The van der Waals surface area contributed by atoms with Crippen molar-refractivity contribution in [3.63, 3.8) is 0 Å². The number of fused-ring (bicyclic) bond motifs is 1. The number of anilines is 2. The summed E-state index contributed by atoms with van der Waals surface area (Å²) in [4.78, 5) is 0. The molecule has 1 aromatic rings. The van der Waals surface area contributed by atoms with Gasteiger partial charge in [-0.3, -0.25) is 0 Å². The topological polar surface area (TPSA) is 44.3 Å². The van der Waals surface area contributed by atoms with Crippen LogP contribution in [0.25, 0.3) is 0 Å². The van der Waals surface area contributed by atoms with E-state index in [1.165, 1.54) is 0 Å². The van der Waals surface area contributed by atoms with Gasteiger partial charge in [0.1, 0.15) is 0 Å². The zero-order valence-corrected chi connectivity index (χ0v) is 7.22. The van der Waals surface area contributed by atoms with Crippen LogP contribution in [0.3, 0.4) is 0 Å². The molecule has 11 heavy (non-hydrogen) atoms. The molecule has 1 aromatic carbocycles. The van der Waals surface area contributed by atoms with E-state index in [9.17, 15) is 0 Å². The predicted octanol–water partition coefficient (Wildman–Crippen LogP) is 1.56. The lowest BCUT2D eigenvalue weighted by molar-refractivity contribution is 0.238. The average molecular weight is 215 g/mol. The number of halogens is 1. The molecule has 0 radical (unpaired) electrons. The van der Waals surface area contributed by atoms with Gasteiger partial charge in [-0.25, -0.2) is 0 Å². The molecule has 58 valence electrons. The monoisotopic (exact) mass is 214 g/mol. The van der Waals surface area contributed by atoms with Crippen LogP contribution in [0.1, 0.15) is 0 Å². The minimum atomic E-state index is -0.653. The van der Waals surface area contributed by atoms with Gasteiger partial charge in [-0.15, -0.1) is 0 Å². The van der Waals surface area contributed by atoms with Crippen LogP contribution < -0.4 is 10.6 Å². The zero-order chi connectivity index (χ0) is 7.84. The summed E-state index contributed by atoms with van der Waals surface area (Å²) in [6.45, 7) is 0. The molecule has 3 N–H and O–H groups in total. The van der Waals surface area contributed by atoms with Crippen LogP contribution in [0.2, 0.25) is 0 Å². The molecule has 1 atom stereocenters. The van der Waals surface area contributed by atoms with Crippen LogP contribution in [-0.4, -0.2) is 11.5 Å². The number of aliphatic hydroxyl groups is 1. The molecule has 1 aliphatic rings. The fourth-order valence-electron chi connectivity index (χ4n) is 1.09. The number of benzene rings is 1. The summed E-state index contributed by atoms with van der Waals surface area (Å²) >= 11 is 3.34. The second-order valence-electron chi connectivity index (χ2n) is 2.38. The van der Waals surface area contributed by atoms with E-state index in [0.717, 1.165) is 15.8 Å². The number of rotatable bonds is 0. The molecule has 3 nitrogen and oxygen atoms in total. The Kier molecular flexibility index (Phi) is 1.51. The molecular weight excluding hydrogens is 208 g/mol. The smallest absolute Gasteiger partial charge is 0.202 e. The van der Waals surface area contributed by atoms with Gasteiger partial charge in [-0.2, -0.15) is 0 Å². The van der Waals surface area contributed by atoms with Crippen LogP contribution in [0.4, 0.5) is 11.4 Å². The highest BCUT2D eigenvalue weighted by atomic mass is 79.9. The minimum absolute atomic E-state index is 0.653. The van der Waals surface area contributed by atoms with Crippen LogP contribution >= 0.6 is 15.9 Å². The van der Waals surface area contributed by atoms with Crippen molar-refractivity contribution in [1.29, 1.82) is 0 Å². The highest BCUT2D eigenvalue weighted by Gasteiger charge is 2.15. The van der Waals surface area contributed by atoms with Crippen molar-refractivity contribution in [2.75, 3.05) is 10.6 Å². The lowest BCUT2D eigenvalue weighted by atomic mass is 10.3. The lowest BCUT2D eigenvalue weighted by Gasteiger charge is -2.00. The highest BCUT2D eigenvalue weighted by molar-refractivity contribution is 9.10. The van der Waals surface area contributed by atoms with Gasteiger partial charge < -0.3 is 15.7 Å². The molecule has 4 heteroatoms. The fourth-order valence-corrected chi connectivity index (χ4v) is 1.45. The van der Waals surface area contributed by atoms with Crippen LogP contribution in [0.15, 0.2) is 22.7 Å². The first kappa shape index (κ1) is 6.94. The predicted molar refractivity (Wildman–Crippen MR) is 47.4 cm³/mol. The van der Waals surface area contributed by atoms with Gasteiger partial charge in [0, 0.05) is 4.47 Å². The maximum Gasteiger partial charge on any atom is 0.202 e. The van der Waals surface area contributed by atoms with Crippen molar-refractivity contribution in [1.82, 2.24) is 0 Å². The van der Waals surface area contributed by atoms with Gasteiger partial charge in [-0.05, 0) is 18.2 Å². The third-order valence-electron chi connectivity index (χ3n) is 1.57. The Balaban J connectivity index is 2.43. The Morgan fingerprint density at radius 2 is 2.00 bits per heavy atom. The highest BCUT2D eigenvalue weighted by Crippen LogP contribution is 2.30. The van der Waals surface area contributed by atoms with Gasteiger partial charge in [0.2, 0.25) is 6.35 Å². The maximum absolute atomic E-state index is 9.10. The lowest BCUT2D eigenvalue weighted by Crippen LogP contribution is -2.20. The summed E-state index contributed by atoms with van der Waals surface area (Å²) in [7, 11) is 0. The number of aliphatic hydroxyl groups excluding tert-OH is 1. The molecule has 0 fully saturated rings. The van der Waals surface area contributed by atoms with Gasteiger partial charge in [0.05, 0.1) is 11.4 Å². The van der Waals surface area contributed by atoms with Gasteiger partial charge in [0.25, 0.3) is 0 Å². The van der Waals surface area contributed by atoms with E-state index < -0.39 is 6.35 Å². The largest absolute Gasteiger partial charge is 0.357 e. The Hall–Kier alpha value is -0.740. The quantitative estimate of drug-likeness (QED) is 0.615. The molecule has 1 aliphatic heterocycles. The summed E-state index contributed by atoms with van der Waals surface area (Å²) < 4.78 is 1.000. The van der Waals surface area contributed by atoms with Crippen molar-refractivity contribution >= 4 is 27.3 Å². The number of hydrogen-bond acceptors (Lipinski definition) is 3. The first-order valence-corrected chi connectivity index (χ1v) is 4.06. The van der Waals surface area contributed by atoms with Crippen LogP contribution in [0, 0.1) is 0 Å². The Bertz CT molecular complexity index is 290. The van der Waals surface area contributed by atoms with Gasteiger partial charge >= 0.3 is 0 Å². The standard InChI is InChI=1S/C7H7BrN2O/c8-4-1-2-5-6(3-4)10-7(11)9-5/h1-3,7,9-11H. The summed E-state index contributed by atoms with van der Waals surface area (Å²) in [6, 6.07) is 5.74. The molecular formula is C7H7BrN2O. The summed E-state index contributed by atoms with van der Waals surface area (Å²) in [5, 5.41) is 14.8. The molecule has 2 rings (SSSR count). The first-order valence-electron chi connectivity index (χ1n) is 3.26. The van der Waals surface area contributed by atoms with Crippen molar-refractivity contribution in [2.45, 2.75) is 6.35 Å². The molecule has 0 amide bonds. The second kappa shape index (κ2) is 2.39. The van der Waals surface area contributed by atoms with Crippen molar-refractivity contribution in [3.8, 4) is 0 Å². The SMILES string of the molecule is OC1Nc2ccc(Br)cc2N1. The molecule has 1 heterocycles. The van der Waals surface area contributed by atoms with Crippen LogP contribution in [0.5, 0.6) is 0 Å². The summed E-state index contributed by atoms with van der Waals surface area (Å²) in [6.07, 6.45) is -0.653. The van der Waals surface area contributed by atoms with E-state index in [-0.39, 0.29) is 0 Å². The van der Waals surface area contributed by atoms with E-state index in [2.05, 4.69) is 26.6 Å². The molecule has 0 spiro atoms. The zero-order valence-electron chi connectivity index (χ0n) is 5.63. The minimum Gasteiger partial charge on any atom is -0.357 e. The molecule has 0 saturated heterocycles. The van der Waals surface area contributed by atoms with E-state index in [0.29, 0.717) is 0 Å². The van der Waals surface area contributed by atoms with E-state index >= 15 is 0 Å². The molecule has 1 unspecified atom stereocenters. The molecule has 0 aromatic heterocycles. The van der Waals surface area contributed by atoms with Gasteiger partial charge in [0.15, 0.2) is 0 Å². The fraction of sp³-hybridized carbons (Fsp3) is 0.143. The Morgan fingerprint density at radius 1 is 1.27 bits per heavy atom. The second-order valence-corrected chi connectivity index (χ2v) is 3.30. The van der Waals surface area contributed by atoms with Crippen molar-refractivity contribution in [3.05, 3.63) is 22.7 Å². The molecule has 0 saturated carbocycles.